The smallest absolute Gasteiger partial charge is 0.871 e. The van der Waals surface area contributed by atoms with Gasteiger partial charge in [-0.3, -0.25) is 18.9 Å². The number of nitrogens with zero attached hydrogens (tertiary/aromatic N) is 5. The number of rotatable bonds is 14. The summed E-state index contributed by atoms with van der Waals surface area (Å²) in [5, 5.41) is 58.6. The zero-order chi connectivity index (χ0) is 53.5. The first-order valence-electron chi connectivity index (χ1n) is 22.0. The number of nitrogens with one attached hydrogen (secondary N) is 1. The van der Waals surface area contributed by atoms with Crippen molar-refractivity contribution >= 4 is 149 Å². The molecular formula is C52H42CaCl2N6O12S2. The van der Waals surface area contributed by atoms with Crippen molar-refractivity contribution in [3.05, 3.63) is 166 Å². The van der Waals surface area contributed by atoms with E-state index in [1.165, 1.54) is 38.5 Å². The third-order valence-corrected chi connectivity index (χ3v) is 13.6. The molecule has 0 atom stereocenters. The molecular weight excluding hydrogens is 1080 g/mol. The van der Waals surface area contributed by atoms with E-state index in [1.54, 1.807) is 104 Å². The molecule has 0 aromatic heterocycles. The fourth-order valence-electron chi connectivity index (χ4n) is 7.41. The molecule has 0 unspecified atom stereocenters. The van der Waals surface area contributed by atoms with Crippen molar-refractivity contribution in [3.63, 3.8) is 0 Å². The number of ether oxygens (including phenoxy) is 2. The molecule has 0 radical (unpaired) electrons. The third kappa shape index (κ3) is 13.6. The molecule has 8 aromatic carbocycles. The van der Waals surface area contributed by atoms with Crippen molar-refractivity contribution in [1.29, 1.82) is 0 Å². The van der Waals surface area contributed by atoms with Crippen LogP contribution in [-0.2, 0) is 33.1 Å². The number of phenols is 1. The number of hydrogen-bond acceptors (Lipinski definition) is 15. The molecule has 0 aliphatic heterocycles. The largest absolute Gasteiger partial charge is 2.00 e. The number of carbonyl (C=O) groups excluding carboxylic acids is 1. The van der Waals surface area contributed by atoms with E-state index in [0.717, 1.165) is 12.1 Å². The molecule has 8 aromatic rings. The first kappa shape index (κ1) is 57.6. The van der Waals surface area contributed by atoms with E-state index in [4.69, 9.17) is 32.7 Å². The maximum atomic E-state index is 13.4. The summed E-state index contributed by atoms with van der Waals surface area (Å²) < 4.78 is 77.4. The van der Waals surface area contributed by atoms with Crippen molar-refractivity contribution in [3.8, 4) is 23.0 Å². The Morgan fingerprint density at radius 1 is 0.627 bits per heavy atom. The number of amides is 1. The Hall–Kier alpha value is -6.72. The number of anilines is 1. The van der Waals surface area contributed by atoms with Gasteiger partial charge in [0.05, 0.1) is 31.2 Å². The minimum atomic E-state index is -4.70. The van der Waals surface area contributed by atoms with E-state index in [0.29, 0.717) is 68.4 Å². The number of hydrogen-bond donors (Lipinski definition) is 4. The van der Waals surface area contributed by atoms with Crippen LogP contribution in [-0.4, -0.2) is 94.8 Å². The molecule has 18 nitrogen and oxygen atoms in total. The predicted molar refractivity (Wildman–Crippen MR) is 285 cm³/mol. The summed E-state index contributed by atoms with van der Waals surface area (Å²) in [4.78, 5) is 16.0. The Morgan fingerprint density at radius 3 is 1.63 bits per heavy atom. The summed E-state index contributed by atoms with van der Waals surface area (Å²) in [7, 11) is -6.38. The van der Waals surface area contributed by atoms with E-state index in [-0.39, 0.29) is 81.7 Å². The van der Waals surface area contributed by atoms with Crippen LogP contribution < -0.4 is 25.0 Å². The normalized spacial score (nSPS) is 11.9. The minimum absolute atomic E-state index is 0. The van der Waals surface area contributed by atoms with E-state index in [1.807, 2.05) is 6.92 Å². The van der Waals surface area contributed by atoms with Gasteiger partial charge in [-0.25, -0.2) is 0 Å². The molecule has 4 N–H and O–H groups in total. The van der Waals surface area contributed by atoms with E-state index < -0.39 is 53.3 Å². The monoisotopic (exact) mass is 1120 g/mol. The van der Waals surface area contributed by atoms with Crippen LogP contribution in [0.15, 0.2) is 169 Å². The van der Waals surface area contributed by atoms with Crippen LogP contribution in [0.4, 0.5) is 34.1 Å². The topological polar surface area (TPSA) is 284 Å². The first-order chi connectivity index (χ1) is 35.2. The number of aliphatic imine (C=N–C) groups is 1. The summed E-state index contributed by atoms with van der Waals surface area (Å²) in [6.07, 6.45) is 0.930. The van der Waals surface area contributed by atoms with E-state index >= 15 is 0 Å². The minimum Gasteiger partial charge on any atom is -0.871 e. The molecule has 75 heavy (non-hydrogen) atoms. The molecule has 0 heterocycles. The van der Waals surface area contributed by atoms with Crippen LogP contribution in [0.25, 0.3) is 21.5 Å². The van der Waals surface area contributed by atoms with Crippen LogP contribution >= 0.6 is 23.2 Å². The number of aryl methyl sites for hydroxylation is 2. The average Bonchev–Trinajstić information content (AvgIpc) is 3.37. The molecule has 0 bridgehead atoms. The Bertz CT molecular complexity index is 3830. The molecule has 0 spiro atoms. The summed E-state index contributed by atoms with van der Waals surface area (Å²) in [6, 6.07) is 34.7. The number of phenolic OH excluding ortho intramolecular Hbond substituents is 1. The van der Waals surface area contributed by atoms with Crippen molar-refractivity contribution in [2.75, 3.05) is 19.5 Å². The number of halogens is 2. The summed E-state index contributed by atoms with van der Waals surface area (Å²) in [5.41, 5.74) is 0.979. The molecule has 380 valence electrons. The number of fused-ring (bicyclic) bond motifs is 2. The first-order valence-corrected chi connectivity index (χ1v) is 25.6. The zero-order valence-corrected chi connectivity index (χ0v) is 45.5. The Labute approximate surface area is 470 Å². The molecule has 1 amide bonds. The average molecular weight is 1120 g/mol. The SMILES string of the molecule is CCc1cc(N=Nc2c(O)c(C(=O)Nc3cccc(OC)c3)cc3ccccc23)c(S(=O)(=O)O)cc1Cl.CCc1cc(N=Nc2c([O-])c(C([O-])=Nc3cccc(OC)c3)cc3ccccc23)c(S(=O)(=O)O)cc1Cl.[Ca+2]. The molecule has 0 fully saturated rings. The second-order valence-corrected chi connectivity index (χ2v) is 19.4. The van der Waals surface area contributed by atoms with Crippen LogP contribution in [0.3, 0.4) is 0 Å². The van der Waals surface area contributed by atoms with E-state index in [9.17, 15) is 46.1 Å². The van der Waals surface area contributed by atoms with Crippen molar-refractivity contribution in [2.24, 2.45) is 25.4 Å². The fourth-order valence-corrected chi connectivity index (χ4v) is 9.39. The Morgan fingerprint density at radius 2 is 1.11 bits per heavy atom. The molecule has 0 aliphatic carbocycles. The van der Waals surface area contributed by atoms with Gasteiger partial charge in [0.1, 0.15) is 38.4 Å². The van der Waals surface area contributed by atoms with Gasteiger partial charge in [-0.2, -0.15) is 21.9 Å². The van der Waals surface area contributed by atoms with Crippen molar-refractivity contribution in [1.82, 2.24) is 0 Å². The van der Waals surface area contributed by atoms with Gasteiger partial charge in [-0.15, -0.1) is 15.3 Å². The summed E-state index contributed by atoms with van der Waals surface area (Å²) >= 11 is 12.2. The van der Waals surface area contributed by atoms with E-state index in [2.05, 4.69) is 30.8 Å². The van der Waals surface area contributed by atoms with Crippen LogP contribution in [0.1, 0.15) is 40.9 Å². The van der Waals surface area contributed by atoms with Crippen LogP contribution in [0, 0.1) is 0 Å². The number of aromatic hydroxyl groups is 1. The van der Waals surface area contributed by atoms with Gasteiger partial charge in [0.2, 0.25) is 0 Å². The Balaban J connectivity index is 0.000000241. The van der Waals surface area contributed by atoms with Gasteiger partial charge in [0.15, 0.2) is 5.75 Å². The van der Waals surface area contributed by atoms with Crippen LogP contribution in [0.5, 0.6) is 23.0 Å². The molecule has 23 heteroatoms. The van der Waals surface area contributed by atoms with Gasteiger partial charge in [-0.1, -0.05) is 103 Å². The van der Waals surface area contributed by atoms with Gasteiger partial charge in [-0.05, 0) is 107 Å². The quantitative estimate of drug-likeness (QED) is 0.0260. The predicted octanol–water partition coefficient (Wildman–Crippen LogP) is 11.5. The summed E-state index contributed by atoms with van der Waals surface area (Å²) in [5.74, 6) is -1.56. The molecule has 8 rings (SSSR count). The molecule has 0 saturated carbocycles. The van der Waals surface area contributed by atoms with Crippen LogP contribution in [0.2, 0.25) is 10.0 Å². The van der Waals surface area contributed by atoms with Gasteiger partial charge in [0, 0.05) is 38.6 Å². The number of methoxy groups -OCH3 is 2. The number of azo groups is 2. The number of carbonyl (C=O) groups is 1. The van der Waals surface area contributed by atoms with Gasteiger partial charge < -0.3 is 30.1 Å². The maximum Gasteiger partial charge on any atom is 2.00 e. The molecule has 0 saturated heterocycles. The fraction of sp³-hybridized carbons (Fsp3) is 0.115. The second-order valence-electron chi connectivity index (χ2n) is 15.8. The molecule has 0 aliphatic rings. The third-order valence-electron chi connectivity index (χ3n) is 11.1. The van der Waals surface area contributed by atoms with Gasteiger partial charge in [0.25, 0.3) is 26.1 Å². The number of benzene rings is 8. The maximum absolute atomic E-state index is 13.4. The summed E-state index contributed by atoms with van der Waals surface area (Å²) in [6.45, 7) is 3.62. The van der Waals surface area contributed by atoms with Crippen molar-refractivity contribution in [2.45, 2.75) is 36.5 Å². The standard InChI is InChI=1S/2C26H22ClN3O6S.Ca/c2*1-3-15-12-22(23(14-21(15)27)37(33,34)35)29-30-24-19-10-5-4-7-16(19)11-20(25(24)31)26(32)28-17-8-6-9-18(13-17)36-2;/h2*4-14,31H,3H2,1-2H3,(H,28,32)(H,33,34,35);/q;;+2/p-2. The second kappa shape index (κ2) is 24.7. The van der Waals surface area contributed by atoms with Crippen molar-refractivity contribution < 1.29 is 55.5 Å². The van der Waals surface area contributed by atoms with Gasteiger partial charge >= 0.3 is 37.7 Å². The Kier molecular flexibility index (Phi) is 19.0. The zero-order valence-electron chi connectivity index (χ0n) is 40.1.